The molecule has 1 saturated heterocycles. The third-order valence-corrected chi connectivity index (χ3v) is 5.78. The minimum absolute atomic E-state index is 0.0554. The average molecular weight is 425 g/mol. The van der Waals surface area contributed by atoms with Crippen LogP contribution in [0.3, 0.4) is 0 Å². The van der Waals surface area contributed by atoms with Crippen molar-refractivity contribution in [2.45, 2.75) is 51.4 Å². The lowest BCUT2D eigenvalue weighted by Gasteiger charge is -2.26. The van der Waals surface area contributed by atoms with Gasteiger partial charge in [0.1, 0.15) is 5.84 Å². The summed E-state index contributed by atoms with van der Waals surface area (Å²) < 4.78 is 0. The van der Waals surface area contributed by atoms with Crippen LogP contribution in [0, 0.1) is 0 Å². The van der Waals surface area contributed by atoms with Gasteiger partial charge in [-0.05, 0) is 50.3 Å². The van der Waals surface area contributed by atoms with Crippen LogP contribution in [-0.4, -0.2) is 42.2 Å². The van der Waals surface area contributed by atoms with Crippen molar-refractivity contribution < 1.29 is 9.59 Å². The molecular weight excluding hydrogens is 399 g/mol. The van der Waals surface area contributed by atoms with Gasteiger partial charge in [-0.1, -0.05) is 23.2 Å². The van der Waals surface area contributed by atoms with Crippen molar-refractivity contribution >= 4 is 46.5 Å². The SMILES string of the molecule is O=C(CCCCC(=O)N1CCCCC1)NC1=NN(c2ccc(Cl)c(Cl)c2)CC1. The third kappa shape index (κ3) is 5.85. The van der Waals surface area contributed by atoms with Crippen molar-refractivity contribution in [1.82, 2.24) is 10.2 Å². The second kappa shape index (κ2) is 10.1. The molecule has 2 amide bonds. The lowest BCUT2D eigenvalue weighted by molar-refractivity contribution is -0.132. The molecule has 0 spiro atoms. The number of halogens is 2. The Balaban J connectivity index is 1.37. The Morgan fingerprint density at radius 1 is 1.00 bits per heavy atom. The molecule has 1 N–H and O–H groups in total. The van der Waals surface area contributed by atoms with Crippen molar-refractivity contribution in [2.24, 2.45) is 5.10 Å². The van der Waals surface area contributed by atoms with E-state index in [4.69, 9.17) is 23.2 Å². The monoisotopic (exact) mass is 424 g/mol. The van der Waals surface area contributed by atoms with E-state index in [0.29, 0.717) is 48.1 Å². The summed E-state index contributed by atoms with van der Waals surface area (Å²) in [5.41, 5.74) is 0.842. The van der Waals surface area contributed by atoms with Gasteiger partial charge in [0, 0.05) is 38.9 Å². The van der Waals surface area contributed by atoms with Gasteiger partial charge < -0.3 is 10.2 Å². The third-order valence-electron chi connectivity index (χ3n) is 5.04. The van der Waals surface area contributed by atoms with Crippen LogP contribution in [0.15, 0.2) is 23.3 Å². The fourth-order valence-electron chi connectivity index (χ4n) is 3.46. The first-order chi connectivity index (χ1) is 13.5. The number of likely N-dealkylation sites (tertiary alicyclic amines) is 1. The molecule has 3 rings (SSSR count). The molecule has 2 aliphatic rings. The van der Waals surface area contributed by atoms with Crippen molar-refractivity contribution in [3.8, 4) is 0 Å². The van der Waals surface area contributed by atoms with Gasteiger partial charge in [0.05, 0.1) is 15.7 Å². The molecule has 2 heterocycles. The van der Waals surface area contributed by atoms with E-state index in [2.05, 4.69) is 10.4 Å². The maximum atomic E-state index is 12.1. The zero-order valence-corrected chi connectivity index (χ0v) is 17.4. The van der Waals surface area contributed by atoms with E-state index in [0.717, 1.165) is 38.0 Å². The van der Waals surface area contributed by atoms with Gasteiger partial charge in [-0.25, -0.2) is 0 Å². The molecule has 0 aliphatic carbocycles. The Morgan fingerprint density at radius 2 is 1.75 bits per heavy atom. The highest BCUT2D eigenvalue weighted by Crippen LogP contribution is 2.28. The predicted molar refractivity (Wildman–Crippen MR) is 113 cm³/mol. The van der Waals surface area contributed by atoms with Crippen LogP contribution < -0.4 is 10.3 Å². The molecule has 2 aliphatic heterocycles. The van der Waals surface area contributed by atoms with Crippen LogP contribution in [0.1, 0.15) is 51.4 Å². The first kappa shape index (κ1) is 20.9. The number of rotatable bonds is 6. The number of carbonyl (C=O) groups is 2. The molecule has 8 heteroatoms. The number of carbonyl (C=O) groups excluding carboxylic acids is 2. The van der Waals surface area contributed by atoms with E-state index in [-0.39, 0.29) is 11.8 Å². The number of anilines is 1. The maximum Gasteiger partial charge on any atom is 0.225 e. The van der Waals surface area contributed by atoms with Crippen LogP contribution in [0.4, 0.5) is 5.69 Å². The molecule has 152 valence electrons. The van der Waals surface area contributed by atoms with E-state index in [1.807, 2.05) is 11.0 Å². The Kier molecular flexibility index (Phi) is 7.57. The van der Waals surface area contributed by atoms with Crippen LogP contribution >= 0.6 is 23.2 Å². The number of piperidine rings is 1. The van der Waals surface area contributed by atoms with Gasteiger partial charge >= 0.3 is 0 Å². The van der Waals surface area contributed by atoms with Gasteiger partial charge in [-0.15, -0.1) is 0 Å². The molecule has 0 bridgehead atoms. The van der Waals surface area contributed by atoms with Crippen LogP contribution in [0.25, 0.3) is 0 Å². The molecule has 0 aromatic heterocycles. The number of nitrogens with zero attached hydrogens (tertiary/aromatic N) is 3. The highest BCUT2D eigenvalue weighted by molar-refractivity contribution is 6.42. The van der Waals surface area contributed by atoms with Gasteiger partial charge in [0.15, 0.2) is 0 Å². The maximum absolute atomic E-state index is 12.1. The largest absolute Gasteiger partial charge is 0.343 e. The van der Waals surface area contributed by atoms with Crippen molar-refractivity contribution in [2.75, 3.05) is 24.6 Å². The number of unbranched alkanes of at least 4 members (excludes halogenated alkanes) is 1. The van der Waals surface area contributed by atoms with E-state index in [1.54, 1.807) is 17.1 Å². The molecule has 1 aromatic rings. The van der Waals surface area contributed by atoms with Crippen LogP contribution in [0.5, 0.6) is 0 Å². The summed E-state index contributed by atoms with van der Waals surface area (Å²) in [5, 5.41) is 10.1. The highest BCUT2D eigenvalue weighted by atomic mass is 35.5. The lowest BCUT2D eigenvalue weighted by Crippen LogP contribution is -2.35. The van der Waals surface area contributed by atoms with E-state index in [9.17, 15) is 9.59 Å². The Hall–Kier alpha value is -1.79. The zero-order chi connectivity index (χ0) is 19.9. The van der Waals surface area contributed by atoms with E-state index in [1.165, 1.54) is 6.42 Å². The Bertz CT molecular complexity index is 748. The highest BCUT2D eigenvalue weighted by Gasteiger charge is 2.19. The molecule has 0 radical (unpaired) electrons. The summed E-state index contributed by atoms with van der Waals surface area (Å²) in [4.78, 5) is 26.2. The van der Waals surface area contributed by atoms with Crippen LogP contribution in [0.2, 0.25) is 10.0 Å². The molecule has 6 nitrogen and oxygen atoms in total. The van der Waals surface area contributed by atoms with Crippen molar-refractivity contribution in [1.29, 1.82) is 0 Å². The second-order valence-corrected chi connectivity index (χ2v) is 8.03. The second-order valence-electron chi connectivity index (χ2n) is 7.21. The number of amides is 2. The summed E-state index contributed by atoms with van der Waals surface area (Å²) in [6, 6.07) is 5.34. The van der Waals surface area contributed by atoms with Crippen molar-refractivity contribution in [3.63, 3.8) is 0 Å². The smallest absolute Gasteiger partial charge is 0.225 e. The Morgan fingerprint density at radius 3 is 2.50 bits per heavy atom. The molecule has 28 heavy (non-hydrogen) atoms. The fraction of sp³-hybridized carbons (Fsp3) is 0.550. The molecular formula is C20H26Cl2N4O2. The first-order valence-corrected chi connectivity index (χ1v) is 10.7. The van der Waals surface area contributed by atoms with Gasteiger partial charge in [-0.3, -0.25) is 14.6 Å². The number of benzene rings is 1. The average Bonchev–Trinajstić information content (AvgIpc) is 3.16. The quantitative estimate of drug-likeness (QED) is 0.695. The normalized spacial score (nSPS) is 16.9. The van der Waals surface area contributed by atoms with Gasteiger partial charge in [0.2, 0.25) is 11.8 Å². The summed E-state index contributed by atoms with van der Waals surface area (Å²) in [6.45, 7) is 2.45. The first-order valence-electron chi connectivity index (χ1n) is 9.90. The summed E-state index contributed by atoms with van der Waals surface area (Å²) >= 11 is 12.0. The molecule has 0 unspecified atom stereocenters. The summed E-state index contributed by atoms with van der Waals surface area (Å²) in [7, 11) is 0. The topological polar surface area (TPSA) is 65.0 Å². The number of hydrogen-bond donors (Lipinski definition) is 1. The Labute approximate surface area is 175 Å². The standard InChI is InChI=1S/C20H26Cl2N4O2/c21-16-9-8-15(14-17(16)22)26-13-10-18(24-26)23-19(27)6-2-3-7-20(28)25-11-4-1-5-12-25/h8-9,14H,1-7,10-13H2,(H,23,24,27). The number of hydrogen-bond acceptors (Lipinski definition) is 4. The molecule has 1 fully saturated rings. The number of amidine groups is 1. The van der Waals surface area contributed by atoms with Crippen LogP contribution in [-0.2, 0) is 9.59 Å². The van der Waals surface area contributed by atoms with E-state index < -0.39 is 0 Å². The minimum atomic E-state index is -0.0554. The minimum Gasteiger partial charge on any atom is -0.343 e. The fourth-order valence-corrected chi connectivity index (χ4v) is 3.76. The number of hydrazone groups is 1. The zero-order valence-electron chi connectivity index (χ0n) is 15.9. The molecule has 1 aromatic carbocycles. The van der Waals surface area contributed by atoms with Crippen molar-refractivity contribution in [3.05, 3.63) is 28.2 Å². The molecule has 0 saturated carbocycles. The van der Waals surface area contributed by atoms with Gasteiger partial charge in [-0.2, -0.15) is 5.10 Å². The summed E-state index contributed by atoms with van der Waals surface area (Å²) in [6.07, 6.45) is 6.47. The van der Waals surface area contributed by atoms with Gasteiger partial charge in [0.25, 0.3) is 0 Å². The number of nitrogens with one attached hydrogen (secondary N) is 1. The molecule has 0 atom stereocenters. The van der Waals surface area contributed by atoms with E-state index >= 15 is 0 Å². The lowest BCUT2D eigenvalue weighted by atomic mass is 10.1. The predicted octanol–water partition coefficient (Wildman–Crippen LogP) is 4.21. The summed E-state index contributed by atoms with van der Waals surface area (Å²) in [5.74, 6) is 0.818.